The highest BCUT2D eigenvalue weighted by Crippen LogP contribution is 2.26. The Kier molecular flexibility index (Phi) is 3.98. The predicted molar refractivity (Wildman–Crippen MR) is 72.4 cm³/mol. The average molecular weight is 276 g/mol. The zero-order valence-electron chi connectivity index (χ0n) is 10.2. The van der Waals surface area contributed by atoms with Gasteiger partial charge in [-0.3, -0.25) is 0 Å². The van der Waals surface area contributed by atoms with Gasteiger partial charge in [0.25, 0.3) is 0 Å². The number of nitriles is 1. The summed E-state index contributed by atoms with van der Waals surface area (Å²) in [6.45, 7) is 1.87. The maximum absolute atomic E-state index is 13.2. The molecule has 0 aliphatic rings. The molecule has 19 heavy (non-hydrogen) atoms. The summed E-state index contributed by atoms with van der Waals surface area (Å²) in [5, 5.41) is 12.2. The third-order valence-corrected chi connectivity index (χ3v) is 3.09. The van der Waals surface area contributed by atoms with Gasteiger partial charge in [-0.1, -0.05) is 23.7 Å². The molecule has 1 heterocycles. The third kappa shape index (κ3) is 3.01. The van der Waals surface area contributed by atoms with E-state index in [4.69, 9.17) is 16.9 Å². The number of aromatic nitrogens is 1. The molecule has 0 spiro atoms. The Balaban J connectivity index is 2.25. The second-order valence-corrected chi connectivity index (χ2v) is 4.43. The summed E-state index contributed by atoms with van der Waals surface area (Å²) in [5.74, 6) is 0.119. The van der Waals surface area contributed by atoms with E-state index in [0.29, 0.717) is 11.4 Å². The first-order valence-corrected chi connectivity index (χ1v) is 6.06. The van der Waals surface area contributed by atoms with E-state index in [2.05, 4.69) is 10.3 Å². The van der Waals surface area contributed by atoms with Crippen LogP contribution < -0.4 is 5.32 Å². The number of hydrogen-bond acceptors (Lipinski definition) is 3. The molecule has 5 heteroatoms. The van der Waals surface area contributed by atoms with Crippen LogP contribution >= 0.6 is 11.6 Å². The summed E-state index contributed by atoms with van der Waals surface area (Å²) in [5.41, 5.74) is 1.13. The van der Waals surface area contributed by atoms with Crippen molar-refractivity contribution in [3.63, 3.8) is 0 Å². The van der Waals surface area contributed by atoms with Crippen molar-refractivity contribution in [2.24, 2.45) is 0 Å². The lowest BCUT2D eigenvalue weighted by Crippen LogP contribution is -2.09. The second kappa shape index (κ2) is 5.68. The van der Waals surface area contributed by atoms with Crippen LogP contribution in [-0.4, -0.2) is 4.98 Å². The standard InChI is InChI=1S/C14H11ClFN3/c1-9(10-3-2-4-12(16)7-10)19-14-13(15)11(8-17)5-6-18-14/h2-7,9H,1H3,(H,18,19). The quantitative estimate of drug-likeness (QED) is 0.924. The van der Waals surface area contributed by atoms with E-state index < -0.39 is 0 Å². The number of benzene rings is 1. The van der Waals surface area contributed by atoms with Crippen LogP contribution in [0.3, 0.4) is 0 Å². The Morgan fingerprint density at radius 1 is 1.42 bits per heavy atom. The molecule has 1 N–H and O–H groups in total. The second-order valence-electron chi connectivity index (χ2n) is 4.05. The lowest BCUT2D eigenvalue weighted by atomic mass is 10.1. The number of nitrogens with zero attached hydrogens (tertiary/aromatic N) is 2. The molecule has 2 aromatic rings. The van der Waals surface area contributed by atoms with E-state index >= 15 is 0 Å². The van der Waals surface area contributed by atoms with Gasteiger partial charge in [-0.25, -0.2) is 9.37 Å². The third-order valence-electron chi connectivity index (χ3n) is 2.71. The van der Waals surface area contributed by atoms with Gasteiger partial charge in [0.1, 0.15) is 22.7 Å². The molecule has 96 valence electrons. The Hall–Kier alpha value is -2.12. The van der Waals surface area contributed by atoms with Crippen molar-refractivity contribution in [1.29, 1.82) is 5.26 Å². The monoisotopic (exact) mass is 275 g/mol. The van der Waals surface area contributed by atoms with Crippen molar-refractivity contribution < 1.29 is 4.39 Å². The highest BCUT2D eigenvalue weighted by atomic mass is 35.5. The van der Waals surface area contributed by atoms with Crippen LogP contribution in [0.2, 0.25) is 5.02 Å². The number of hydrogen-bond donors (Lipinski definition) is 1. The summed E-state index contributed by atoms with van der Waals surface area (Å²) in [6.07, 6.45) is 1.51. The zero-order chi connectivity index (χ0) is 13.8. The summed E-state index contributed by atoms with van der Waals surface area (Å²) < 4.78 is 13.2. The molecule has 1 atom stereocenters. The molecule has 0 bridgehead atoms. The summed E-state index contributed by atoms with van der Waals surface area (Å²) in [6, 6.07) is 9.64. The molecule has 0 aliphatic heterocycles. The molecular weight excluding hydrogens is 265 g/mol. The molecule has 0 saturated carbocycles. The van der Waals surface area contributed by atoms with E-state index in [1.165, 1.54) is 18.3 Å². The molecule has 0 fully saturated rings. The predicted octanol–water partition coefficient (Wildman–Crippen LogP) is 3.92. The van der Waals surface area contributed by atoms with E-state index in [0.717, 1.165) is 5.56 Å². The van der Waals surface area contributed by atoms with Crippen molar-refractivity contribution in [1.82, 2.24) is 4.98 Å². The fourth-order valence-corrected chi connectivity index (χ4v) is 1.90. The van der Waals surface area contributed by atoms with Crippen LogP contribution in [0.25, 0.3) is 0 Å². The normalized spacial score (nSPS) is 11.7. The van der Waals surface area contributed by atoms with Crippen molar-refractivity contribution in [3.05, 3.63) is 58.5 Å². The number of rotatable bonds is 3. The first-order valence-electron chi connectivity index (χ1n) is 5.68. The summed E-state index contributed by atoms with van der Waals surface area (Å²) in [4.78, 5) is 4.09. The van der Waals surface area contributed by atoms with Gasteiger partial charge < -0.3 is 5.32 Å². The van der Waals surface area contributed by atoms with E-state index in [1.807, 2.05) is 19.1 Å². The molecule has 1 aromatic heterocycles. The average Bonchev–Trinajstić information content (AvgIpc) is 2.41. The van der Waals surface area contributed by atoms with Crippen molar-refractivity contribution in [3.8, 4) is 6.07 Å². The first kappa shape index (κ1) is 13.3. The van der Waals surface area contributed by atoms with Crippen molar-refractivity contribution in [2.45, 2.75) is 13.0 Å². The minimum absolute atomic E-state index is 0.172. The molecule has 0 radical (unpaired) electrons. The molecule has 0 aliphatic carbocycles. The molecule has 1 unspecified atom stereocenters. The molecule has 2 rings (SSSR count). The highest BCUT2D eigenvalue weighted by molar-refractivity contribution is 6.34. The van der Waals surface area contributed by atoms with E-state index in [-0.39, 0.29) is 16.9 Å². The van der Waals surface area contributed by atoms with Crippen LogP contribution in [-0.2, 0) is 0 Å². The van der Waals surface area contributed by atoms with Gasteiger partial charge in [-0.15, -0.1) is 0 Å². The maximum Gasteiger partial charge on any atom is 0.146 e. The fraction of sp³-hybridized carbons (Fsp3) is 0.143. The Bertz CT molecular complexity index is 637. The van der Waals surface area contributed by atoms with E-state index in [9.17, 15) is 4.39 Å². The van der Waals surface area contributed by atoms with Gasteiger partial charge in [-0.2, -0.15) is 5.26 Å². The van der Waals surface area contributed by atoms with Crippen LogP contribution in [0.5, 0.6) is 0 Å². The van der Waals surface area contributed by atoms with Crippen LogP contribution in [0.15, 0.2) is 36.5 Å². The largest absolute Gasteiger partial charge is 0.362 e. The number of pyridine rings is 1. The minimum atomic E-state index is -0.295. The molecule has 1 aromatic carbocycles. The van der Waals surface area contributed by atoms with Gasteiger partial charge >= 0.3 is 0 Å². The first-order chi connectivity index (χ1) is 9.11. The Morgan fingerprint density at radius 2 is 2.21 bits per heavy atom. The van der Waals surface area contributed by atoms with Gasteiger partial charge in [-0.05, 0) is 30.7 Å². The van der Waals surface area contributed by atoms with Gasteiger partial charge in [0.05, 0.1) is 11.6 Å². The van der Waals surface area contributed by atoms with E-state index in [1.54, 1.807) is 12.1 Å². The SMILES string of the molecule is CC(Nc1nccc(C#N)c1Cl)c1cccc(F)c1. The van der Waals surface area contributed by atoms with Gasteiger partial charge in [0.15, 0.2) is 0 Å². The summed E-state index contributed by atoms with van der Waals surface area (Å²) in [7, 11) is 0. The lowest BCUT2D eigenvalue weighted by molar-refractivity contribution is 0.623. The lowest BCUT2D eigenvalue weighted by Gasteiger charge is -2.16. The Labute approximate surface area is 115 Å². The molecule has 0 saturated heterocycles. The number of nitrogens with one attached hydrogen (secondary N) is 1. The van der Waals surface area contributed by atoms with Crippen LogP contribution in [0.1, 0.15) is 24.1 Å². The number of halogens is 2. The van der Waals surface area contributed by atoms with Gasteiger partial charge in [0.2, 0.25) is 0 Å². The maximum atomic E-state index is 13.2. The molecule has 3 nitrogen and oxygen atoms in total. The fourth-order valence-electron chi connectivity index (χ4n) is 1.70. The number of anilines is 1. The van der Waals surface area contributed by atoms with Gasteiger partial charge in [0, 0.05) is 6.20 Å². The Morgan fingerprint density at radius 3 is 2.89 bits per heavy atom. The molecular formula is C14H11ClFN3. The smallest absolute Gasteiger partial charge is 0.146 e. The molecule has 0 amide bonds. The highest BCUT2D eigenvalue weighted by Gasteiger charge is 2.11. The summed E-state index contributed by atoms with van der Waals surface area (Å²) >= 11 is 6.05. The minimum Gasteiger partial charge on any atom is -0.362 e. The van der Waals surface area contributed by atoms with Crippen LogP contribution in [0, 0.1) is 17.1 Å². The van der Waals surface area contributed by atoms with Crippen molar-refractivity contribution >= 4 is 17.4 Å². The topological polar surface area (TPSA) is 48.7 Å². The van der Waals surface area contributed by atoms with Crippen LogP contribution in [0.4, 0.5) is 10.2 Å². The van der Waals surface area contributed by atoms with Crippen molar-refractivity contribution in [2.75, 3.05) is 5.32 Å². The zero-order valence-corrected chi connectivity index (χ0v) is 10.9.